The number of fused-ring (bicyclic) bond motifs is 1. The first-order valence-corrected chi connectivity index (χ1v) is 6.06. The molecular formula is C15H12BNO2. The lowest BCUT2D eigenvalue weighted by molar-refractivity contribution is 0.426. The van der Waals surface area contributed by atoms with Crippen LogP contribution in [0.2, 0.25) is 0 Å². The van der Waals surface area contributed by atoms with Crippen LogP contribution in [0, 0.1) is 0 Å². The summed E-state index contributed by atoms with van der Waals surface area (Å²) in [6.45, 7) is 0. The van der Waals surface area contributed by atoms with Gasteiger partial charge in [-0.2, -0.15) is 0 Å². The Morgan fingerprint density at radius 1 is 0.842 bits per heavy atom. The van der Waals surface area contributed by atoms with E-state index in [0.29, 0.717) is 5.46 Å². The third kappa shape index (κ3) is 2.12. The molecule has 1 aromatic heterocycles. The van der Waals surface area contributed by atoms with E-state index in [-0.39, 0.29) is 0 Å². The van der Waals surface area contributed by atoms with E-state index < -0.39 is 7.12 Å². The van der Waals surface area contributed by atoms with E-state index in [9.17, 15) is 10.0 Å². The average molecular weight is 249 g/mol. The van der Waals surface area contributed by atoms with Crippen molar-refractivity contribution in [3.63, 3.8) is 0 Å². The second kappa shape index (κ2) is 4.84. The lowest BCUT2D eigenvalue weighted by Crippen LogP contribution is -2.31. The first-order chi connectivity index (χ1) is 9.27. The minimum absolute atomic E-state index is 0.464. The van der Waals surface area contributed by atoms with Crippen molar-refractivity contribution in [2.24, 2.45) is 0 Å². The van der Waals surface area contributed by atoms with Crippen molar-refractivity contribution in [2.45, 2.75) is 0 Å². The lowest BCUT2D eigenvalue weighted by Gasteiger charge is -2.10. The Hall–Kier alpha value is -2.17. The second-order valence-electron chi connectivity index (χ2n) is 4.34. The van der Waals surface area contributed by atoms with E-state index in [2.05, 4.69) is 4.98 Å². The summed E-state index contributed by atoms with van der Waals surface area (Å²) in [5.74, 6) is 0. The number of pyridine rings is 1. The molecule has 0 unspecified atom stereocenters. The molecule has 0 aliphatic carbocycles. The van der Waals surface area contributed by atoms with E-state index in [1.165, 1.54) is 0 Å². The van der Waals surface area contributed by atoms with Crippen LogP contribution < -0.4 is 5.46 Å². The van der Waals surface area contributed by atoms with E-state index in [0.717, 1.165) is 22.0 Å². The van der Waals surface area contributed by atoms with Crippen molar-refractivity contribution in [1.29, 1.82) is 0 Å². The quantitative estimate of drug-likeness (QED) is 0.678. The summed E-state index contributed by atoms with van der Waals surface area (Å²) >= 11 is 0. The van der Waals surface area contributed by atoms with Crippen LogP contribution in [0.5, 0.6) is 0 Å². The molecule has 0 fully saturated rings. The van der Waals surface area contributed by atoms with Gasteiger partial charge in [0.15, 0.2) is 0 Å². The van der Waals surface area contributed by atoms with E-state index in [1.54, 1.807) is 18.3 Å². The maximum atomic E-state index is 9.47. The largest absolute Gasteiger partial charge is 0.489 e. The van der Waals surface area contributed by atoms with Crippen molar-refractivity contribution in [3.8, 4) is 11.3 Å². The Morgan fingerprint density at radius 2 is 1.58 bits per heavy atom. The third-order valence-electron chi connectivity index (χ3n) is 3.17. The minimum Gasteiger partial charge on any atom is -0.423 e. The van der Waals surface area contributed by atoms with Crippen molar-refractivity contribution in [3.05, 3.63) is 60.8 Å². The standard InChI is InChI=1S/C15H12BNO2/c18-16(19)14-8-4-3-7-13(14)15-12-6-2-1-5-11(12)9-10-17-15/h1-10,18-19H. The predicted molar refractivity (Wildman–Crippen MR) is 77.0 cm³/mol. The van der Waals surface area contributed by atoms with Crippen LogP contribution in [0.3, 0.4) is 0 Å². The molecule has 0 bridgehead atoms. The van der Waals surface area contributed by atoms with Crippen molar-refractivity contribution >= 4 is 23.4 Å². The Labute approximate surface area is 111 Å². The fraction of sp³-hybridized carbons (Fsp3) is 0. The lowest BCUT2D eigenvalue weighted by atomic mass is 9.76. The zero-order chi connectivity index (χ0) is 13.2. The fourth-order valence-electron chi connectivity index (χ4n) is 2.27. The minimum atomic E-state index is -1.50. The molecule has 2 aromatic carbocycles. The van der Waals surface area contributed by atoms with Crippen LogP contribution in [0.15, 0.2) is 60.8 Å². The molecular weight excluding hydrogens is 237 g/mol. The number of hydrogen-bond donors (Lipinski definition) is 2. The van der Waals surface area contributed by atoms with Crippen LogP contribution in [-0.2, 0) is 0 Å². The molecule has 3 rings (SSSR count). The Bertz CT molecular complexity index is 723. The van der Waals surface area contributed by atoms with Crippen molar-refractivity contribution < 1.29 is 10.0 Å². The highest BCUT2D eigenvalue weighted by Crippen LogP contribution is 2.25. The molecule has 3 aromatic rings. The van der Waals surface area contributed by atoms with Crippen LogP contribution in [0.1, 0.15) is 0 Å². The third-order valence-corrected chi connectivity index (χ3v) is 3.17. The SMILES string of the molecule is OB(O)c1ccccc1-c1nccc2ccccc12. The van der Waals surface area contributed by atoms with Crippen LogP contribution >= 0.6 is 0 Å². The number of aromatic nitrogens is 1. The zero-order valence-electron chi connectivity index (χ0n) is 10.2. The molecule has 1 heterocycles. The van der Waals surface area contributed by atoms with Gasteiger partial charge in [0.2, 0.25) is 0 Å². The molecule has 0 aliphatic heterocycles. The smallest absolute Gasteiger partial charge is 0.423 e. The van der Waals surface area contributed by atoms with Gasteiger partial charge in [-0.25, -0.2) is 0 Å². The maximum absolute atomic E-state index is 9.47. The first-order valence-electron chi connectivity index (χ1n) is 6.06. The number of nitrogens with zero attached hydrogens (tertiary/aromatic N) is 1. The van der Waals surface area contributed by atoms with E-state index in [1.807, 2.05) is 42.5 Å². The fourth-order valence-corrected chi connectivity index (χ4v) is 2.27. The molecule has 92 valence electrons. The topological polar surface area (TPSA) is 53.4 Å². The monoisotopic (exact) mass is 249 g/mol. The molecule has 3 nitrogen and oxygen atoms in total. The zero-order valence-corrected chi connectivity index (χ0v) is 10.2. The van der Waals surface area contributed by atoms with Gasteiger partial charge < -0.3 is 10.0 Å². The Morgan fingerprint density at radius 3 is 2.42 bits per heavy atom. The van der Waals surface area contributed by atoms with Gasteiger partial charge in [0, 0.05) is 17.1 Å². The summed E-state index contributed by atoms with van der Waals surface area (Å²) in [5.41, 5.74) is 1.97. The van der Waals surface area contributed by atoms with Gasteiger partial charge in [-0.15, -0.1) is 0 Å². The molecule has 0 radical (unpaired) electrons. The second-order valence-corrected chi connectivity index (χ2v) is 4.34. The normalized spacial score (nSPS) is 10.6. The van der Waals surface area contributed by atoms with Crippen molar-refractivity contribution in [2.75, 3.05) is 0 Å². The number of rotatable bonds is 2. The van der Waals surface area contributed by atoms with E-state index >= 15 is 0 Å². The number of hydrogen-bond acceptors (Lipinski definition) is 3. The van der Waals surface area contributed by atoms with Gasteiger partial charge in [0.05, 0.1) is 5.69 Å². The highest BCUT2D eigenvalue weighted by molar-refractivity contribution is 6.60. The molecule has 0 spiro atoms. The Kier molecular flexibility index (Phi) is 3.03. The molecule has 0 saturated carbocycles. The molecule has 0 amide bonds. The molecule has 19 heavy (non-hydrogen) atoms. The number of benzene rings is 2. The molecule has 2 N–H and O–H groups in total. The predicted octanol–water partition coefficient (Wildman–Crippen LogP) is 1.58. The highest BCUT2D eigenvalue weighted by Gasteiger charge is 2.18. The summed E-state index contributed by atoms with van der Waals surface area (Å²) in [5, 5.41) is 21.0. The van der Waals surface area contributed by atoms with Gasteiger partial charge in [0.1, 0.15) is 0 Å². The summed E-state index contributed by atoms with van der Waals surface area (Å²) in [7, 11) is -1.50. The average Bonchev–Trinajstić information content (AvgIpc) is 2.46. The molecule has 0 saturated heterocycles. The highest BCUT2D eigenvalue weighted by atomic mass is 16.4. The Balaban J connectivity index is 2.31. The van der Waals surface area contributed by atoms with Gasteiger partial charge in [-0.05, 0) is 16.9 Å². The molecule has 0 atom stereocenters. The van der Waals surface area contributed by atoms with Crippen LogP contribution in [-0.4, -0.2) is 22.2 Å². The van der Waals surface area contributed by atoms with Crippen LogP contribution in [0.4, 0.5) is 0 Å². The summed E-state index contributed by atoms with van der Waals surface area (Å²) < 4.78 is 0. The van der Waals surface area contributed by atoms with Gasteiger partial charge in [-0.1, -0.05) is 48.5 Å². The van der Waals surface area contributed by atoms with Gasteiger partial charge in [-0.3, -0.25) is 4.98 Å². The van der Waals surface area contributed by atoms with E-state index in [4.69, 9.17) is 0 Å². The van der Waals surface area contributed by atoms with Gasteiger partial charge in [0.25, 0.3) is 0 Å². The molecule has 4 heteroatoms. The first kappa shape index (κ1) is 11.9. The van der Waals surface area contributed by atoms with Gasteiger partial charge >= 0.3 is 7.12 Å². The van der Waals surface area contributed by atoms with Crippen molar-refractivity contribution in [1.82, 2.24) is 4.98 Å². The molecule has 0 aliphatic rings. The summed E-state index contributed by atoms with van der Waals surface area (Å²) in [4.78, 5) is 4.40. The summed E-state index contributed by atoms with van der Waals surface area (Å²) in [6, 6.07) is 17.1. The van der Waals surface area contributed by atoms with Crippen LogP contribution in [0.25, 0.3) is 22.0 Å². The summed E-state index contributed by atoms with van der Waals surface area (Å²) in [6.07, 6.45) is 1.73. The maximum Gasteiger partial charge on any atom is 0.489 e.